The summed E-state index contributed by atoms with van der Waals surface area (Å²) >= 11 is 7.81. The standard InChI is InChI=1S/C15H16ClNO2S/c16-13-11-3-1-2-4-12(11)20-14(13)15(19)17-7-5-10(9-18)6-8-17/h1-4,10,18H,5-9H2. The Balaban J connectivity index is 1.84. The van der Waals surface area contributed by atoms with Gasteiger partial charge in [-0.1, -0.05) is 29.8 Å². The third kappa shape index (κ3) is 2.43. The summed E-state index contributed by atoms with van der Waals surface area (Å²) in [6, 6.07) is 7.82. The molecule has 0 aliphatic carbocycles. The molecule has 1 fully saturated rings. The quantitative estimate of drug-likeness (QED) is 0.923. The summed E-state index contributed by atoms with van der Waals surface area (Å²) in [6.07, 6.45) is 1.73. The van der Waals surface area contributed by atoms with Crippen LogP contribution in [0.1, 0.15) is 22.5 Å². The van der Waals surface area contributed by atoms with Crippen molar-refractivity contribution in [2.45, 2.75) is 12.8 Å². The average Bonchev–Trinajstić information content (AvgIpc) is 2.84. The SMILES string of the molecule is O=C(c1sc2ccccc2c1Cl)N1CCC(CO)CC1. The first-order valence-electron chi connectivity index (χ1n) is 6.78. The van der Waals surface area contributed by atoms with E-state index in [1.165, 1.54) is 11.3 Å². The van der Waals surface area contributed by atoms with Crippen molar-refractivity contribution in [3.05, 3.63) is 34.2 Å². The number of carbonyl (C=O) groups excluding carboxylic acids is 1. The van der Waals surface area contributed by atoms with Crippen molar-refractivity contribution < 1.29 is 9.90 Å². The first-order chi connectivity index (χ1) is 9.70. The number of amides is 1. The number of aliphatic hydroxyl groups is 1. The lowest BCUT2D eigenvalue weighted by molar-refractivity contribution is 0.0656. The van der Waals surface area contributed by atoms with Gasteiger partial charge in [0.15, 0.2) is 0 Å². The van der Waals surface area contributed by atoms with Crippen LogP contribution < -0.4 is 0 Å². The Morgan fingerprint density at radius 3 is 2.70 bits per heavy atom. The molecule has 3 rings (SSSR count). The summed E-state index contributed by atoms with van der Waals surface area (Å²) < 4.78 is 1.05. The van der Waals surface area contributed by atoms with Crippen LogP contribution in [-0.2, 0) is 0 Å². The molecule has 0 atom stereocenters. The number of likely N-dealkylation sites (tertiary alicyclic amines) is 1. The van der Waals surface area contributed by atoms with Gasteiger partial charge in [-0.05, 0) is 24.8 Å². The maximum atomic E-state index is 12.6. The molecule has 2 aromatic rings. The van der Waals surface area contributed by atoms with Crippen LogP contribution in [0, 0.1) is 5.92 Å². The molecule has 5 heteroatoms. The Kier molecular flexibility index (Phi) is 3.96. The Bertz CT molecular complexity index is 632. The van der Waals surface area contributed by atoms with Crippen molar-refractivity contribution in [3.63, 3.8) is 0 Å². The van der Waals surface area contributed by atoms with E-state index in [0.29, 0.717) is 28.9 Å². The van der Waals surface area contributed by atoms with E-state index in [0.717, 1.165) is 22.9 Å². The molecule has 1 saturated heterocycles. The van der Waals surface area contributed by atoms with Crippen LogP contribution in [0.2, 0.25) is 5.02 Å². The largest absolute Gasteiger partial charge is 0.396 e. The maximum absolute atomic E-state index is 12.6. The maximum Gasteiger partial charge on any atom is 0.265 e. The van der Waals surface area contributed by atoms with Crippen LogP contribution in [0.3, 0.4) is 0 Å². The second kappa shape index (κ2) is 5.72. The van der Waals surface area contributed by atoms with Gasteiger partial charge < -0.3 is 10.0 Å². The van der Waals surface area contributed by atoms with Gasteiger partial charge in [0.05, 0.1) is 5.02 Å². The lowest BCUT2D eigenvalue weighted by Crippen LogP contribution is -2.39. The van der Waals surface area contributed by atoms with Crippen LogP contribution in [0.4, 0.5) is 0 Å². The summed E-state index contributed by atoms with van der Waals surface area (Å²) in [5.74, 6) is 0.351. The molecule has 1 aromatic heterocycles. The highest BCUT2D eigenvalue weighted by Crippen LogP contribution is 2.36. The lowest BCUT2D eigenvalue weighted by atomic mass is 9.98. The molecule has 106 valence electrons. The Labute approximate surface area is 126 Å². The fraction of sp³-hybridized carbons (Fsp3) is 0.400. The second-order valence-electron chi connectivity index (χ2n) is 5.16. The molecule has 0 radical (unpaired) electrons. The van der Waals surface area contributed by atoms with Gasteiger partial charge in [-0.15, -0.1) is 11.3 Å². The highest BCUT2D eigenvalue weighted by Gasteiger charge is 2.26. The molecule has 1 amide bonds. The minimum Gasteiger partial charge on any atom is -0.396 e. The van der Waals surface area contributed by atoms with Crippen LogP contribution in [0.25, 0.3) is 10.1 Å². The molecular weight excluding hydrogens is 294 g/mol. The number of fused-ring (bicyclic) bond motifs is 1. The molecule has 20 heavy (non-hydrogen) atoms. The summed E-state index contributed by atoms with van der Waals surface area (Å²) in [6.45, 7) is 1.62. The predicted molar refractivity (Wildman–Crippen MR) is 82.5 cm³/mol. The number of hydrogen-bond acceptors (Lipinski definition) is 3. The average molecular weight is 310 g/mol. The van der Waals surface area contributed by atoms with Gasteiger partial charge in [-0.3, -0.25) is 4.79 Å². The van der Waals surface area contributed by atoms with E-state index in [1.807, 2.05) is 29.2 Å². The number of benzene rings is 1. The van der Waals surface area contributed by atoms with Gasteiger partial charge in [0.2, 0.25) is 0 Å². The van der Waals surface area contributed by atoms with Gasteiger partial charge in [0.1, 0.15) is 4.88 Å². The summed E-state index contributed by atoms with van der Waals surface area (Å²) in [4.78, 5) is 15.1. The number of piperidine rings is 1. The number of aliphatic hydroxyl groups excluding tert-OH is 1. The van der Waals surface area contributed by atoms with Crippen molar-refractivity contribution in [1.82, 2.24) is 4.90 Å². The minimum atomic E-state index is 0.0209. The molecule has 1 N–H and O–H groups in total. The third-order valence-corrected chi connectivity index (χ3v) is 5.55. The fourth-order valence-electron chi connectivity index (χ4n) is 2.61. The second-order valence-corrected chi connectivity index (χ2v) is 6.59. The van der Waals surface area contributed by atoms with Gasteiger partial charge in [0, 0.05) is 29.8 Å². The van der Waals surface area contributed by atoms with E-state index < -0.39 is 0 Å². The van der Waals surface area contributed by atoms with E-state index in [-0.39, 0.29) is 12.5 Å². The lowest BCUT2D eigenvalue weighted by Gasteiger charge is -2.30. The van der Waals surface area contributed by atoms with E-state index in [2.05, 4.69) is 0 Å². The summed E-state index contributed by atoms with van der Waals surface area (Å²) in [5, 5.41) is 10.7. The molecule has 1 aliphatic heterocycles. The molecule has 0 spiro atoms. The molecule has 1 aromatic carbocycles. The topological polar surface area (TPSA) is 40.5 Å². The van der Waals surface area contributed by atoms with Gasteiger partial charge in [0.25, 0.3) is 5.91 Å². The zero-order valence-corrected chi connectivity index (χ0v) is 12.6. The van der Waals surface area contributed by atoms with Crippen molar-refractivity contribution in [3.8, 4) is 0 Å². The summed E-state index contributed by atoms with van der Waals surface area (Å²) in [7, 11) is 0. The van der Waals surface area contributed by atoms with Gasteiger partial charge in [-0.25, -0.2) is 0 Å². The number of hydrogen-bond donors (Lipinski definition) is 1. The molecule has 0 saturated carbocycles. The first-order valence-corrected chi connectivity index (χ1v) is 7.97. The molecule has 2 heterocycles. The van der Waals surface area contributed by atoms with Crippen LogP contribution in [-0.4, -0.2) is 35.6 Å². The Morgan fingerprint density at radius 1 is 1.35 bits per heavy atom. The van der Waals surface area contributed by atoms with Crippen molar-refractivity contribution in [2.75, 3.05) is 19.7 Å². The van der Waals surface area contributed by atoms with Gasteiger partial charge in [-0.2, -0.15) is 0 Å². The Morgan fingerprint density at radius 2 is 2.05 bits per heavy atom. The smallest absolute Gasteiger partial charge is 0.265 e. The Hall–Kier alpha value is -1.10. The zero-order chi connectivity index (χ0) is 14.1. The van der Waals surface area contributed by atoms with Crippen LogP contribution in [0.15, 0.2) is 24.3 Å². The highest BCUT2D eigenvalue weighted by molar-refractivity contribution is 7.21. The van der Waals surface area contributed by atoms with Crippen molar-refractivity contribution in [2.24, 2.45) is 5.92 Å². The van der Waals surface area contributed by atoms with Crippen LogP contribution >= 0.6 is 22.9 Å². The number of thiophene rings is 1. The number of rotatable bonds is 2. The molecule has 0 bridgehead atoms. The monoisotopic (exact) mass is 309 g/mol. The minimum absolute atomic E-state index is 0.0209. The predicted octanol–water partition coefficient (Wildman–Crippen LogP) is 3.40. The molecule has 3 nitrogen and oxygen atoms in total. The highest BCUT2D eigenvalue weighted by atomic mass is 35.5. The first kappa shape index (κ1) is 13.9. The zero-order valence-electron chi connectivity index (χ0n) is 11.0. The van der Waals surface area contributed by atoms with E-state index >= 15 is 0 Å². The number of carbonyl (C=O) groups is 1. The fourth-order valence-corrected chi connectivity index (χ4v) is 4.09. The van der Waals surface area contributed by atoms with E-state index in [4.69, 9.17) is 16.7 Å². The van der Waals surface area contributed by atoms with Gasteiger partial charge >= 0.3 is 0 Å². The normalized spacial score (nSPS) is 16.8. The number of halogens is 1. The third-order valence-electron chi connectivity index (χ3n) is 3.89. The molecular formula is C15H16ClNO2S. The van der Waals surface area contributed by atoms with E-state index in [1.54, 1.807) is 0 Å². The van der Waals surface area contributed by atoms with Crippen LogP contribution in [0.5, 0.6) is 0 Å². The van der Waals surface area contributed by atoms with Crippen molar-refractivity contribution >= 4 is 38.9 Å². The molecule has 1 aliphatic rings. The van der Waals surface area contributed by atoms with E-state index in [9.17, 15) is 4.79 Å². The number of nitrogens with zero attached hydrogens (tertiary/aromatic N) is 1. The molecule has 0 unspecified atom stereocenters. The summed E-state index contributed by atoms with van der Waals surface area (Å²) in [5.41, 5.74) is 0. The van der Waals surface area contributed by atoms with Crippen molar-refractivity contribution in [1.29, 1.82) is 0 Å².